The van der Waals surface area contributed by atoms with Gasteiger partial charge in [-0.05, 0) is 47.6 Å². The predicted octanol–water partition coefficient (Wildman–Crippen LogP) is 5.23. The minimum Gasteiger partial charge on any atom is -0.483 e. The number of nitrogens with one attached hydrogen (secondary N) is 1. The molecule has 0 aliphatic rings. The number of para-hydroxylation sites is 1. The van der Waals surface area contributed by atoms with Crippen LogP contribution in [0.25, 0.3) is 0 Å². The first-order valence-electron chi connectivity index (χ1n) is 11.7. The Morgan fingerprint density at radius 1 is 1.06 bits per heavy atom. The number of rotatable bonds is 11. The number of carbonyl (C=O) groups is 2. The van der Waals surface area contributed by atoms with Gasteiger partial charge in [-0.1, -0.05) is 71.4 Å². The number of hydrogen-bond donors (Lipinski definition) is 1. The molecule has 0 aromatic heterocycles. The Balaban J connectivity index is 2.23. The second kappa shape index (κ2) is 12.4. The third-order valence-electron chi connectivity index (χ3n) is 5.53. The lowest BCUT2D eigenvalue weighted by Gasteiger charge is -2.31. The first-order chi connectivity index (χ1) is 15.7. The molecular weight excluding hydrogens is 419 g/mol. The Labute approximate surface area is 197 Å². The third-order valence-corrected chi connectivity index (χ3v) is 5.53. The van der Waals surface area contributed by atoms with Crippen LogP contribution < -0.4 is 10.1 Å². The maximum atomic E-state index is 13.4. The summed E-state index contributed by atoms with van der Waals surface area (Å²) in [5, 5.41) is 2.93. The fraction of sp³-hybridized carbons (Fsp3) is 0.481. The van der Waals surface area contributed by atoms with Crippen LogP contribution in [0.4, 0.5) is 4.39 Å². The van der Waals surface area contributed by atoms with Gasteiger partial charge in [-0.2, -0.15) is 0 Å². The number of halogens is 1. The molecule has 6 heteroatoms. The second-order valence-electron chi connectivity index (χ2n) is 9.25. The molecule has 5 nitrogen and oxygen atoms in total. The molecule has 2 aromatic rings. The summed E-state index contributed by atoms with van der Waals surface area (Å²) >= 11 is 0. The Kier molecular flexibility index (Phi) is 9.89. The highest BCUT2D eigenvalue weighted by Gasteiger charge is 2.29. The number of nitrogens with zero attached hydrogens (tertiary/aromatic N) is 1. The first kappa shape index (κ1) is 26.4. The summed E-state index contributed by atoms with van der Waals surface area (Å²) in [5.41, 5.74) is 1.62. The van der Waals surface area contributed by atoms with Crippen molar-refractivity contribution in [2.45, 2.75) is 71.9 Å². The molecule has 0 bridgehead atoms. The highest BCUT2D eigenvalue weighted by Crippen LogP contribution is 2.31. The normalized spacial score (nSPS) is 12.2. The quantitative estimate of drug-likeness (QED) is 0.471. The van der Waals surface area contributed by atoms with Crippen molar-refractivity contribution in [2.75, 3.05) is 13.2 Å². The number of benzene rings is 2. The first-order valence-corrected chi connectivity index (χ1v) is 11.7. The van der Waals surface area contributed by atoms with E-state index in [1.165, 1.54) is 17.0 Å². The van der Waals surface area contributed by atoms with E-state index in [-0.39, 0.29) is 36.2 Å². The SMILES string of the molecule is CCCCNC(=O)[C@H](CC)N(Cc1ccc(F)cc1)C(=O)COc1ccccc1C(C)(C)C. The number of carbonyl (C=O) groups excluding carboxylic acids is 2. The molecule has 0 aliphatic heterocycles. The fourth-order valence-corrected chi connectivity index (χ4v) is 3.65. The van der Waals surface area contributed by atoms with Crippen LogP contribution >= 0.6 is 0 Å². The van der Waals surface area contributed by atoms with Gasteiger partial charge in [0.25, 0.3) is 5.91 Å². The zero-order valence-electron chi connectivity index (χ0n) is 20.5. The minimum atomic E-state index is -0.638. The lowest BCUT2D eigenvalue weighted by Crippen LogP contribution is -2.50. The highest BCUT2D eigenvalue weighted by molar-refractivity contribution is 5.88. The molecule has 0 aliphatic carbocycles. The van der Waals surface area contributed by atoms with Gasteiger partial charge in [0, 0.05) is 13.1 Å². The van der Waals surface area contributed by atoms with Gasteiger partial charge < -0.3 is 15.0 Å². The molecule has 0 radical (unpaired) electrons. The summed E-state index contributed by atoms with van der Waals surface area (Å²) in [6, 6.07) is 13.0. The van der Waals surface area contributed by atoms with E-state index in [1.807, 2.05) is 31.2 Å². The number of hydrogen-bond acceptors (Lipinski definition) is 3. The van der Waals surface area contributed by atoms with Crippen molar-refractivity contribution in [1.82, 2.24) is 10.2 Å². The van der Waals surface area contributed by atoms with Gasteiger partial charge in [-0.3, -0.25) is 9.59 Å². The molecule has 33 heavy (non-hydrogen) atoms. The van der Waals surface area contributed by atoms with E-state index in [0.717, 1.165) is 24.0 Å². The molecule has 0 saturated carbocycles. The van der Waals surface area contributed by atoms with Crippen molar-refractivity contribution in [3.8, 4) is 5.75 Å². The minimum absolute atomic E-state index is 0.140. The summed E-state index contributed by atoms with van der Waals surface area (Å²) in [4.78, 5) is 27.8. The van der Waals surface area contributed by atoms with E-state index < -0.39 is 6.04 Å². The maximum Gasteiger partial charge on any atom is 0.261 e. The molecule has 0 heterocycles. The number of unbranched alkanes of at least 4 members (excludes halogenated alkanes) is 1. The van der Waals surface area contributed by atoms with Crippen LogP contribution in [0.1, 0.15) is 65.0 Å². The molecule has 0 unspecified atom stereocenters. The second-order valence-corrected chi connectivity index (χ2v) is 9.25. The van der Waals surface area contributed by atoms with Crippen molar-refractivity contribution in [3.63, 3.8) is 0 Å². The van der Waals surface area contributed by atoms with Crippen LogP contribution in [0.3, 0.4) is 0 Å². The van der Waals surface area contributed by atoms with Gasteiger partial charge in [0.1, 0.15) is 17.6 Å². The fourth-order valence-electron chi connectivity index (χ4n) is 3.65. The molecule has 0 saturated heterocycles. The van der Waals surface area contributed by atoms with Crippen molar-refractivity contribution in [2.24, 2.45) is 0 Å². The maximum absolute atomic E-state index is 13.4. The lowest BCUT2D eigenvalue weighted by atomic mass is 9.86. The Morgan fingerprint density at radius 2 is 1.73 bits per heavy atom. The van der Waals surface area contributed by atoms with Gasteiger partial charge in [0.2, 0.25) is 5.91 Å². The average molecular weight is 457 g/mol. The van der Waals surface area contributed by atoms with Gasteiger partial charge in [-0.25, -0.2) is 4.39 Å². The zero-order valence-corrected chi connectivity index (χ0v) is 20.5. The molecule has 1 atom stereocenters. The highest BCUT2D eigenvalue weighted by atomic mass is 19.1. The van der Waals surface area contributed by atoms with Crippen LogP contribution in [0.15, 0.2) is 48.5 Å². The van der Waals surface area contributed by atoms with E-state index in [0.29, 0.717) is 18.7 Å². The lowest BCUT2D eigenvalue weighted by molar-refractivity contribution is -0.143. The van der Waals surface area contributed by atoms with E-state index in [2.05, 4.69) is 33.0 Å². The van der Waals surface area contributed by atoms with Crippen LogP contribution in [-0.4, -0.2) is 35.9 Å². The molecular formula is C27H37FN2O3. The molecule has 2 aromatic carbocycles. The van der Waals surface area contributed by atoms with Crippen LogP contribution in [0.5, 0.6) is 5.75 Å². The van der Waals surface area contributed by atoms with Gasteiger partial charge in [0.15, 0.2) is 6.61 Å². The summed E-state index contributed by atoms with van der Waals surface area (Å²) < 4.78 is 19.3. The molecule has 2 amide bonds. The van der Waals surface area contributed by atoms with Gasteiger partial charge >= 0.3 is 0 Å². The van der Waals surface area contributed by atoms with E-state index in [9.17, 15) is 14.0 Å². The van der Waals surface area contributed by atoms with E-state index in [4.69, 9.17) is 4.74 Å². The number of ether oxygens (including phenoxy) is 1. The van der Waals surface area contributed by atoms with Crippen molar-refractivity contribution in [3.05, 3.63) is 65.5 Å². The standard InChI is InChI=1S/C27H37FN2O3/c1-6-8-17-29-26(32)23(7-2)30(18-20-13-15-21(28)16-14-20)25(31)19-33-24-12-10-9-11-22(24)27(3,4)5/h9-16,23H,6-8,17-19H2,1-5H3,(H,29,32)/t23-/m0/s1. The monoisotopic (exact) mass is 456 g/mol. The molecule has 1 N–H and O–H groups in total. The van der Waals surface area contributed by atoms with Gasteiger partial charge in [-0.15, -0.1) is 0 Å². The van der Waals surface area contributed by atoms with Crippen molar-refractivity contribution < 1.29 is 18.7 Å². The summed E-state index contributed by atoms with van der Waals surface area (Å²) in [6.07, 6.45) is 2.31. The topological polar surface area (TPSA) is 58.6 Å². The van der Waals surface area contributed by atoms with Crippen molar-refractivity contribution in [1.29, 1.82) is 0 Å². The van der Waals surface area contributed by atoms with Gasteiger partial charge in [0.05, 0.1) is 0 Å². The predicted molar refractivity (Wildman–Crippen MR) is 130 cm³/mol. The summed E-state index contributed by atoms with van der Waals surface area (Å²) in [6.45, 7) is 10.8. The smallest absolute Gasteiger partial charge is 0.261 e. The molecule has 0 spiro atoms. The van der Waals surface area contributed by atoms with Crippen LogP contribution in [-0.2, 0) is 21.5 Å². The largest absolute Gasteiger partial charge is 0.483 e. The summed E-state index contributed by atoms with van der Waals surface area (Å²) in [7, 11) is 0. The zero-order chi connectivity index (χ0) is 24.4. The Morgan fingerprint density at radius 3 is 2.33 bits per heavy atom. The van der Waals surface area contributed by atoms with Crippen molar-refractivity contribution >= 4 is 11.8 Å². The Bertz CT molecular complexity index is 906. The van der Waals surface area contributed by atoms with Crippen LogP contribution in [0.2, 0.25) is 0 Å². The molecule has 180 valence electrons. The van der Waals surface area contributed by atoms with E-state index in [1.54, 1.807) is 12.1 Å². The molecule has 2 rings (SSSR count). The molecule has 0 fully saturated rings. The Hall–Kier alpha value is -2.89. The van der Waals surface area contributed by atoms with Crippen LogP contribution in [0, 0.1) is 5.82 Å². The number of amides is 2. The average Bonchev–Trinajstić information content (AvgIpc) is 2.78. The summed E-state index contributed by atoms with van der Waals surface area (Å²) in [5.74, 6) is -0.166. The third kappa shape index (κ3) is 7.88. The van der Waals surface area contributed by atoms with E-state index >= 15 is 0 Å².